The summed E-state index contributed by atoms with van der Waals surface area (Å²) < 4.78 is 6.98. The van der Waals surface area contributed by atoms with E-state index in [0.717, 1.165) is 18.8 Å². The summed E-state index contributed by atoms with van der Waals surface area (Å²) in [7, 11) is 1.59. The maximum absolute atomic E-state index is 10.6. The summed E-state index contributed by atoms with van der Waals surface area (Å²) in [5.41, 5.74) is 4.60. The minimum Gasteiger partial charge on any atom is -0.387 e. The Hall–Kier alpha value is -0.980. The van der Waals surface area contributed by atoms with Gasteiger partial charge in [0.2, 0.25) is 0 Å². The van der Waals surface area contributed by atoms with Gasteiger partial charge in [0.1, 0.15) is 12.2 Å². The van der Waals surface area contributed by atoms with Crippen molar-refractivity contribution in [1.29, 1.82) is 0 Å². The maximum atomic E-state index is 10.6. The number of nitrogens with zero attached hydrogens (tertiary/aromatic N) is 3. The van der Waals surface area contributed by atoms with E-state index in [9.17, 15) is 5.11 Å². The van der Waals surface area contributed by atoms with E-state index < -0.39 is 5.60 Å². The molecule has 0 saturated heterocycles. The molecule has 0 amide bonds. The molecule has 0 aliphatic rings. The molecule has 1 heterocycles. The summed E-state index contributed by atoms with van der Waals surface area (Å²) in [5.74, 6) is 1.28. The average Bonchev–Trinajstić information content (AvgIpc) is 2.73. The van der Waals surface area contributed by atoms with Crippen molar-refractivity contribution in [3.05, 3.63) is 12.2 Å². The van der Waals surface area contributed by atoms with Crippen LogP contribution in [-0.2, 0) is 17.7 Å². The van der Waals surface area contributed by atoms with Crippen molar-refractivity contribution in [1.82, 2.24) is 14.8 Å². The van der Waals surface area contributed by atoms with Crippen LogP contribution in [-0.4, -0.2) is 45.7 Å². The van der Waals surface area contributed by atoms with Gasteiger partial charge in [-0.15, -0.1) is 0 Å². The second-order valence-electron chi connectivity index (χ2n) is 5.48. The molecule has 1 aromatic heterocycles. The second kappa shape index (κ2) is 7.57. The lowest BCUT2D eigenvalue weighted by molar-refractivity contribution is -0.0395. The first-order valence-electron chi connectivity index (χ1n) is 6.79. The van der Waals surface area contributed by atoms with E-state index >= 15 is 0 Å². The Kier molecular flexibility index (Phi) is 6.41. The fraction of sp³-hybridized carbons (Fsp3) is 0.846. The molecular formula is C13H26N4O2. The van der Waals surface area contributed by atoms with Crippen LogP contribution < -0.4 is 5.73 Å². The van der Waals surface area contributed by atoms with E-state index in [0.29, 0.717) is 25.3 Å². The SMILES string of the molecule is COCC(O)(CCCN)Cc1ncnn1CC(C)C. The van der Waals surface area contributed by atoms with Gasteiger partial charge in [0.25, 0.3) is 0 Å². The number of hydrogen-bond donors (Lipinski definition) is 2. The Morgan fingerprint density at radius 1 is 1.53 bits per heavy atom. The molecule has 1 aromatic rings. The van der Waals surface area contributed by atoms with Gasteiger partial charge in [-0.3, -0.25) is 0 Å². The smallest absolute Gasteiger partial charge is 0.138 e. The summed E-state index contributed by atoms with van der Waals surface area (Å²) in [4.78, 5) is 4.25. The van der Waals surface area contributed by atoms with Crippen LogP contribution in [0.5, 0.6) is 0 Å². The zero-order valence-electron chi connectivity index (χ0n) is 12.2. The van der Waals surface area contributed by atoms with Gasteiger partial charge in [-0.1, -0.05) is 13.8 Å². The number of aliphatic hydroxyl groups is 1. The predicted molar refractivity (Wildman–Crippen MR) is 73.7 cm³/mol. The third-order valence-electron chi connectivity index (χ3n) is 2.98. The molecule has 6 nitrogen and oxygen atoms in total. The van der Waals surface area contributed by atoms with Crippen molar-refractivity contribution in [3.63, 3.8) is 0 Å². The van der Waals surface area contributed by atoms with Crippen LogP contribution in [0.4, 0.5) is 0 Å². The molecule has 0 fully saturated rings. The molecule has 6 heteroatoms. The van der Waals surface area contributed by atoms with Crippen molar-refractivity contribution < 1.29 is 9.84 Å². The highest BCUT2D eigenvalue weighted by Gasteiger charge is 2.29. The summed E-state index contributed by atoms with van der Waals surface area (Å²) in [6, 6.07) is 0. The number of rotatable bonds is 9. The zero-order valence-corrected chi connectivity index (χ0v) is 12.2. The molecule has 3 N–H and O–H groups in total. The van der Waals surface area contributed by atoms with Crippen molar-refractivity contribution in [2.75, 3.05) is 20.3 Å². The molecule has 0 bridgehead atoms. The Balaban J connectivity index is 2.75. The molecule has 0 aliphatic carbocycles. The van der Waals surface area contributed by atoms with Gasteiger partial charge >= 0.3 is 0 Å². The quantitative estimate of drug-likeness (QED) is 0.686. The third kappa shape index (κ3) is 5.26. The fourth-order valence-electron chi connectivity index (χ4n) is 2.13. The van der Waals surface area contributed by atoms with Crippen LogP contribution in [0.3, 0.4) is 0 Å². The standard InChI is InChI=1S/C13H26N4O2/c1-11(2)8-17-12(15-10-16-17)7-13(18,9-19-3)5-4-6-14/h10-11,18H,4-9,14H2,1-3H3. The lowest BCUT2D eigenvalue weighted by Gasteiger charge is -2.27. The molecule has 1 unspecified atom stereocenters. The van der Waals surface area contributed by atoms with Crippen LogP contribution in [0.1, 0.15) is 32.5 Å². The number of methoxy groups -OCH3 is 1. The molecule has 1 rings (SSSR count). The van der Waals surface area contributed by atoms with Crippen LogP contribution in [0.25, 0.3) is 0 Å². The Labute approximate surface area is 115 Å². The second-order valence-corrected chi connectivity index (χ2v) is 5.48. The molecule has 19 heavy (non-hydrogen) atoms. The zero-order chi connectivity index (χ0) is 14.3. The van der Waals surface area contributed by atoms with Gasteiger partial charge in [0.15, 0.2) is 0 Å². The predicted octanol–water partition coefficient (Wildman–Crippen LogP) is 0.593. The highest BCUT2D eigenvalue weighted by atomic mass is 16.5. The first-order valence-corrected chi connectivity index (χ1v) is 6.79. The molecule has 1 atom stereocenters. The molecule has 0 spiro atoms. The number of nitrogens with two attached hydrogens (primary N) is 1. The van der Waals surface area contributed by atoms with Crippen molar-refractivity contribution in [2.24, 2.45) is 11.7 Å². The molecular weight excluding hydrogens is 244 g/mol. The maximum Gasteiger partial charge on any atom is 0.138 e. The van der Waals surface area contributed by atoms with Crippen LogP contribution in [0.15, 0.2) is 6.33 Å². The van der Waals surface area contributed by atoms with Gasteiger partial charge in [-0.25, -0.2) is 9.67 Å². The number of aromatic nitrogens is 3. The largest absolute Gasteiger partial charge is 0.387 e. The number of ether oxygens (including phenoxy) is 1. The van der Waals surface area contributed by atoms with Gasteiger partial charge < -0.3 is 15.6 Å². The highest BCUT2D eigenvalue weighted by molar-refractivity contribution is 4.95. The van der Waals surface area contributed by atoms with E-state index in [1.54, 1.807) is 7.11 Å². The van der Waals surface area contributed by atoms with Gasteiger partial charge in [0, 0.05) is 20.1 Å². The normalized spacial score (nSPS) is 14.8. The van der Waals surface area contributed by atoms with Crippen molar-refractivity contribution in [3.8, 4) is 0 Å². The summed E-state index contributed by atoms with van der Waals surface area (Å²) in [6.07, 6.45) is 3.34. The topological polar surface area (TPSA) is 86.2 Å². The van der Waals surface area contributed by atoms with Crippen molar-refractivity contribution >= 4 is 0 Å². The van der Waals surface area contributed by atoms with E-state index in [-0.39, 0.29) is 6.61 Å². The van der Waals surface area contributed by atoms with Crippen molar-refractivity contribution in [2.45, 2.75) is 45.3 Å². The Bertz CT molecular complexity index is 367. The summed E-state index contributed by atoms with van der Waals surface area (Å²) in [6.45, 7) is 5.89. The summed E-state index contributed by atoms with van der Waals surface area (Å²) in [5, 5.41) is 14.8. The lowest BCUT2D eigenvalue weighted by atomic mass is 9.94. The van der Waals surface area contributed by atoms with Crippen LogP contribution in [0, 0.1) is 5.92 Å². The first-order chi connectivity index (χ1) is 9.00. The Morgan fingerprint density at radius 3 is 2.84 bits per heavy atom. The average molecular weight is 270 g/mol. The van der Waals surface area contributed by atoms with E-state index in [1.807, 2.05) is 4.68 Å². The van der Waals surface area contributed by atoms with E-state index in [4.69, 9.17) is 10.5 Å². The van der Waals surface area contributed by atoms with Gasteiger partial charge in [-0.05, 0) is 25.3 Å². The highest BCUT2D eigenvalue weighted by Crippen LogP contribution is 2.19. The molecule has 0 aliphatic heterocycles. The van der Waals surface area contributed by atoms with E-state index in [2.05, 4.69) is 23.9 Å². The minimum atomic E-state index is -0.921. The summed E-state index contributed by atoms with van der Waals surface area (Å²) >= 11 is 0. The first kappa shape index (κ1) is 16.1. The number of hydrogen-bond acceptors (Lipinski definition) is 5. The molecule has 0 radical (unpaired) electrons. The third-order valence-corrected chi connectivity index (χ3v) is 2.98. The molecule has 110 valence electrons. The fourth-order valence-corrected chi connectivity index (χ4v) is 2.13. The molecule has 0 aromatic carbocycles. The van der Waals surface area contributed by atoms with E-state index in [1.165, 1.54) is 6.33 Å². The lowest BCUT2D eigenvalue weighted by Crippen LogP contribution is -2.38. The van der Waals surface area contributed by atoms with Gasteiger partial charge in [0.05, 0.1) is 12.2 Å². The van der Waals surface area contributed by atoms with Crippen LogP contribution in [0.2, 0.25) is 0 Å². The molecule has 0 saturated carbocycles. The monoisotopic (exact) mass is 270 g/mol. The Morgan fingerprint density at radius 2 is 2.26 bits per heavy atom. The van der Waals surface area contributed by atoms with Crippen LogP contribution >= 0.6 is 0 Å². The minimum absolute atomic E-state index is 0.279. The van der Waals surface area contributed by atoms with Gasteiger partial charge in [-0.2, -0.15) is 5.10 Å².